The van der Waals surface area contributed by atoms with Crippen LogP contribution in [0.15, 0.2) is 23.2 Å². The number of anilines is 1. The maximum Gasteiger partial charge on any atom is 0.418 e. The summed E-state index contributed by atoms with van der Waals surface area (Å²) < 4.78 is 39.0. The zero-order valence-electron chi connectivity index (χ0n) is 9.50. The smallest absolute Gasteiger partial charge is 0.371 e. The van der Waals surface area contributed by atoms with E-state index in [1.807, 2.05) is 0 Å². The van der Waals surface area contributed by atoms with Crippen LogP contribution in [0, 0.1) is 0 Å². The lowest BCUT2D eigenvalue weighted by molar-refractivity contribution is -0.137. The molecule has 1 saturated heterocycles. The van der Waals surface area contributed by atoms with E-state index in [0.717, 1.165) is 18.9 Å². The fraction of sp³-hybridized carbons (Fsp3) is 0.417. The highest BCUT2D eigenvalue weighted by atomic mass is 32.1. The van der Waals surface area contributed by atoms with Crippen LogP contribution in [0.1, 0.15) is 18.4 Å². The molecule has 0 amide bonds. The Balaban J connectivity index is 2.47. The van der Waals surface area contributed by atoms with E-state index in [4.69, 9.17) is 0 Å². The Labute approximate surface area is 108 Å². The van der Waals surface area contributed by atoms with E-state index in [-0.39, 0.29) is 11.4 Å². The second kappa shape index (κ2) is 5.08. The molecule has 18 heavy (non-hydrogen) atoms. The number of halogens is 3. The van der Waals surface area contributed by atoms with E-state index in [1.165, 1.54) is 12.1 Å². The van der Waals surface area contributed by atoms with E-state index in [1.54, 1.807) is 4.90 Å². The first-order valence-electron chi connectivity index (χ1n) is 5.56. The van der Waals surface area contributed by atoms with Crippen molar-refractivity contribution in [2.24, 2.45) is 4.99 Å². The molecule has 96 valence electrons. The van der Waals surface area contributed by atoms with Crippen LogP contribution in [0.3, 0.4) is 0 Å². The molecule has 1 aromatic rings. The van der Waals surface area contributed by atoms with Crippen molar-refractivity contribution < 1.29 is 13.2 Å². The van der Waals surface area contributed by atoms with Gasteiger partial charge in [-0.2, -0.15) is 18.2 Å². The quantitative estimate of drug-likeness (QED) is 0.596. The van der Waals surface area contributed by atoms with Gasteiger partial charge in [0.1, 0.15) is 0 Å². The van der Waals surface area contributed by atoms with Crippen LogP contribution in [0.5, 0.6) is 0 Å². The maximum absolute atomic E-state index is 13.0. The highest BCUT2D eigenvalue weighted by Gasteiger charge is 2.35. The Bertz CT molecular complexity index is 487. The molecule has 0 aromatic heterocycles. The molecule has 0 bridgehead atoms. The maximum atomic E-state index is 13.0. The third-order valence-corrected chi connectivity index (χ3v) is 3.00. The van der Waals surface area contributed by atoms with Gasteiger partial charge in [-0.3, -0.25) is 0 Å². The average molecular weight is 272 g/mol. The van der Waals surface area contributed by atoms with Crippen LogP contribution in [-0.2, 0) is 6.18 Å². The largest absolute Gasteiger partial charge is 0.418 e. The molecule has 1 fully saturated rings. The average Bonchev–Trinajstić information content (AvgIpc) is 2.81. The normalized spacial score (nSPS) is 15.6. The first-order chi connectivity index (χ1) is 8.52. The standard InChI is InChI=1S/C12H11F3N2S/c13-12(14,15)10-7-9(16-8-18)3-4-11(10)17-5-1-2-6-17/h3-4,7H,1-2,5-6H2. The number of thiocarbonyl (C=S) groups is 1. The summed E-state index contributed by atoms with van der Waals surface area (Å²) in [5.41, 5.74) is -0.250. The third-order valence-electron chi connectivity index (χ3n) is 2.91. The van der Waals surface area contributed by atoms with Crippen molar-refractivity contribution in [1.29, 1.82) is 0 Å². The van der Waals surface area contributed by atoms with Crippen LogP contribution in [0.2, 0.25) is 0 Å². The zero-order chi connectivity index (χ0) is 13.2. The van der Waals surface area contributed by atoms with Crippen molar-refractivity contribution in [3.8, 4) is 0 Å². The highest BCUT2D eigenvalue weighted by molar-refractivity contribution is 7.78. The number of hydrogen-bond acceptors (Lipinski definition) is 3. The molecule has 1 heterocycles. The number of alkyl halides is 3. The number of hydrogen-bond donors (Lipinski definition) is 0. The van der Waals surface area contributed by atoms with Gasteiger partial charge in [0.25, 0.3) is 0 Å². The summed E-state index contributed by atoms with van der Waals surface area (Å²) in [6, 6.07) is 4.01. The Kier molecular flexibility index (Phi) is 3.68. The molecule has 0 N–H and O–H groups in total. The van der Waals surface area contributed by atoms with Gasteiger partial charge in [0, 0.05) is 18.8 Å². The fourth-order valence-electron chi connectivity index (χ4n) is 2.11. The van der Waals surface area contributed by atoms with Crippen LogP contribution in [-0.4, -0.2) is 18.3 Å². The van der Waals surface area contributed by atoms with Crippen molar-refractivity contribution in [3.63, 3.8) is 0 Å². The van der Waals surface area contributed by atoms with E-state index >= 15 is 0 Å². The Morgan fingerprint density at radius 3 is 2.44 bits per heavy atom. The van der Waals surface area contributed by atoms with Gasteiger partial charge in [-0.05, 0) is 43.3 Å². The molecule has 1 aliphatic rings. The van der Waals surface area contributed by atoms with E-state index in [9.17, 15) is 13.2 Å². The predicted molar refractivity (Wildman–Crippen MR) is 67.6 cm³/mol. The van der Waals surface area contributed by atoms with Crippen molar-refractivity contribution >= 4 is 28.8 Å². The van der Waals surface area contributed by atoms with Gasteiger partial charge in [-0.15, -0.1) is 0 Å². The number of rotatable bonds is 2. The van der Waals surface area contributed by atoms with Gasteiger partial charge in [-0.25, -0.2) is 0 Å². The van der Waals surface area contributed by atoms with E-state index < -0.39 is 11.7 Å². The number of nitrogens with zero attached hydrogens (tertiary/aromatic N) is 2. The molecular weight excluding hydrogens is 261 g/mol. The summed E-state index contributed by atoms with van der Waals surface area (Å²) in [5.74, 6) is 0. The van der Waals surface area contributed by atoms with Crippen molar-refractivity contribution in [1.82, 2.24) is 0 Å². The van der Waals surface area contributed by atoms with Crippen molar-refractivity contribution in [2.45, 2.75) is 19.0 Å². The molecule has 0 saturated carbocycles. The molecule has 1 aromatic carbocycles. The lowest BCUT2D eigenvalue weighted by atomic mass is 10.1. The van der Waals surface area contributed by atoms with Crippen LogP contribution in [0.25, 0.3) is 0 Å². The molecule has 0 unspecified atom stereocenters. The lowest BCUT2D eigenvalue weighted by Crippen LogP contribution is -2.21. The lowest BCUT2D eigenvalue weighted by Gasteiger charge is -2.22. The number of aliphatic imine (C=N–C) groups is 1. The van der Waals surface area contributed by atoms with Crippen LogP contribution >= 0.6 is 12.2 Å². The summed E-state index contributed by atoms with van der Waals surface area (Å²) in [6.45, 7) is 1.33. The van der Waals surface area contributed by atoms with Crippen LogP contribution in [0.4, 0.5) is 24.5 Å². The highest BCUT2D eigenvalue weighted by Crippen LogP contribution is 2.39. The molecule has 0 atom stereocenters. The molecular formula is C12H11F3N2S. The monoisotopic (exact) mass is 272 g/mol. The molecule has 6 heteroatoms. The SMILES string of the molecule is FC(F)(F)c1cc(N=C=S)ccc1N1CCCC1. The summed E-state index contributed by atoms with van der Waals surface area (Å²) in [7, 11) is 0. The van der Waals surface area contributed by atoms with Gasteiger partial charge in [0.15, 0.2) is 0 Å². The molecule has 0 radical (unpaired) electrons. The Hall–Kier alpha value is -1.39. The second-order valence-electron chi connectivity index (χ2n) is 4.10. The molecule has 2 nitrogen and oxygen atoms in total. The Morgan fingerprint density at radius 1 is 1.22 bits per heavy atom. The molecule has 0 aliphatic carbocycles. The second-order valence-corrected chi connectivity index (χ2v) is 4.28. The predicted octanol–water partition coefficient (Wildman–Crippen LogP) is 4.04. The summed E-state index contributed by atoms with van der Waals surface area (Å²) >= 11 is 4.40. The van der Waals surface area contributed by atoms with Gasteiger partial charge >= 0.3 is 6.18 Å². The molecule has 0 spiro atoms. The van der Waals surface area contributed by atoms with E-state index in [0.29, 0.717) is 13.1 Å². The van der Waals surface area contributed by atoms with Gasteiger partial charge < -0.3 is 4.90 Å². The first kappa shape index (κ1) is 13.1. The Morgan fingerprint density at radius 2 is 1.89 bits per heavy atom. The molecule has 2 rings (SSSR count). The van der Waals surface area contributed by atoms with E-state index in [2.05, 4.69) is 22.4 Å². The summed E-state index contributed by atoms with van der Waals surface area (Å²) in [5, 5.41) is 2.08. The third kappa shape index (κ3) is 2.71. The zero-order valence-corrected chi connectivity index (χ0v) is 10.3. The van der Waals surface area contributed by atoms with Gasteiger partial charge in [0.2, 0.25) is 0 Å². The van der Waals surface area contributed by atoms with Gasteiger partial charge in [0.05, 0.1) is 16.4 Å². The minimum atomic E-state index is -4.38. The van der Waals surface area contributed by atoms with Crippen molar-refractivity contribution in [2.75, 3.05) is 18.0 Å². The minimum absolute atomic E-state index is 0.181. The summed E-state index contributed by atoms with van der Waals surface area (Å²) in [6.07, 6.45) is -2.53. The van der Waals surface area contributed by atoms with Crippen LogP contribution < -0.4 is 4.90 Å². The van der Waals surface area contributed by atoms with Crippen molar-refractivity contribution in [3.05, 3.63) is 23.8 Å². The number of benzene rings is 1. The summed E-state index contributed by atoms with van der Waals surface area (Å²) in [4.78, 5) is 5.35. The number of isothiocyanates is 1. The topological polar surface area (TPSA) is 15.6 Å². The van der Waals surface area contributed by atoms with Gasteiger partial charge in [-0.1, -0.05) is 0 Å². The first-order valence-corrected chi connectivity index (χ1v) is 5.97. The molecule has 1 aliphatic heterocycles. The minimum Gasteiger partial charge on any atom is -0.371 e. The fourth-order valence-corrected chi connectivity index (χ4v) is 2.21.